The van der Waals surface area contributed by atoms with E-state index >= 15 is 0 Å². The van der Waals surface area contributed by atoms with Gasteiger partial charge in [-0.2, -0.15) is 0 Å². The van der Waals surface area contributed by atoms with Gasteiger partial charge in [-0.15, -0.1) is 8.78 Å². The van der Waals surface area contributed by atoms with E-state index < -0.39 is 6.29 Å². The molecular weight excluding hydrogens is 420 g/mol. The van der Waals surface area contributed by atoms with E-state index in [2.05, 4.69) is 24.9 Å². The number of aryl methyl sites for hydroxylation is 2. The molecule has 1 aliphatic rings. The number of hydrogen-bond donors (Lipinski definition) is 1. The minimum Gasteiger partial charge on any atom is -0.395 e. The molecule has 30 heavy (non-hydrogen) atoms. The fraction of sp³-hybridized carbons (Fsp3) is 0.250. The summed E-state index contributed by atoms with van der Waals surface area (Å²) in [5, 5.41) is 6.83. The number of alkyl halides is 2. The van der Waals surface area contributed by atoms with Crippen molar-refractivity contribution in [2.45, 2.75) is 33.0 Å². The summed E-state index contributed by atoms with van der Waals surface area (Å²) < 4.78 is 40.6. The fourth-order valence-electron chi connectivity index (χ4n) is 3.10. The molecule has 0 saturated heterocycles. The van der Waals surface area contributed by atoms with E-state index in [-0.39, 0.29) is 22.4 Å². The Labute approximate surface area is 174 Å². The van der Waals surface area contributed by atoms with E-state index in [1.54, 1.807) is 12.1 Å². The SMILES string of the molecule is CCc1noc(CC)c1C(=O)Nc1ccc(-c2cc3c(cc2Cl)OC(F)(F)O3)cn1. The standard InChI is InChI=1S/C20H16ClF2N3O4/c1-3-13-18(14(4-2)30-26-13)19(27)25-17-6-5-10(9-24-17)11-7-15-16(8-12(11)21)29-20(22,23)28-15/h5-9H,3-4H2,1-2H3,(H,24,25,27). The Bertz CT molecular complexity index is 1090. The van der Waals surface area contributed by atoms with Crippen molar-refractivity contribution in [1.82, 2.24) is 10.1 Å². The van der Waals surface area contributed by atoms with Gasteiger partial charge in [-0.05, 0) is 24.6 Å². The lowest BCUT2D eigenvalue weighted by molar-refractivity contribution is -0.286. The molecule has 0 bridgehead atoms. The first-order valence-electron chi connectivity index (χ1n) is 9.16. The average Bonchev–Trinajstić information content (AvgIpc) is 3.26. The summed E-state index contributed by atoms with van der Waals surface area (Å²) in [6.07, 6.45) is -1.18. The maximum Gasteiger partial charge on any atom is 0.586 e. The minimum absolute atomic E-state index is 0.122. The third-order valence-corrected chi connectivity index (χ3v) is 4.84. The molecule has 1 aliphatic heterocycles. The van der Waals surface area contributed by atoms with Crippen molar-refractivity contribution in [3.63, 3.8) is 0 Å². The number of hydrogen-bond acceptors (Lipinski definition) is 6. The number of ether oxygens (including phenoxy) is 2. The molecule has 3 heterocycles. The smallest absolute Gasteiger partial charge is 0.395 e. The lowest BCUT2D eigenvalue weighted by atomic mass is 10.1. The van der Waals surface area contributed by atoms with E-state index in [9.17, 15) is 13.6 Å². The van der Waals surface area contributed by atoms with Crippen LogP contribution in [0.1, 0.15) is 35.7 Å². The van der Waals surface area contributed by atoms with Crippen LogP contribution in [0.4, 0.5) is 14.6 Å². The number of carbonyl (C=O) groups excluding carboxylic acids is 1. The Balaban J connectivity index is 1.56. The lowest BCUT2D eigenvalue weighted by Crippen LogP contribution is -2.25. The fourth-order valence-corrected chi connectivity index (χ4v) is 3.36. The summed E-state index contributed by atoms with van der Waals surface area (Å²) in [6, 6.07) is 5.84. The van der Waals surface area contributed by atoms with Gasteiger partial charge in [0.1, 0.15) is 17.1 Å². The number of anilines is 1. The highest BCUT2D eigenvalue weighted by Crippen LogP contribution is 2.46. The van der Waals surface area contributed by atoms with Crippen molar-refractivity contribution >= 4 is 23.3 Å². The highest BCUT2D eigenvalue weighted by Gasteiger charge is 2.43. The number of fused-ring (bicyclic) bond motifs is 1. The summed E-state index contributed by atoms with van der Waals surface area (Å²) in [5.41, 5.74) is 1.96. The number of rotatable bonds is 5. The van der Waals surface area contributed by atoms with Gasteiger partial charge in [0.05, 0.1) is 10.7 Å². The van der Waals surface area contributed by atoms with Crippen molar-refractivity contribution in [2.24, 2.45) is 0 Å². The van der Waals surface area contributed by atoms with Crippen molar-refractivity contribution in [3.8, 4) is 22.6 Å². The molecule has 1 aromatic carbocycles. The minimum atomic E-state index is -3.73. The van der Waals surface area contributed by atoms with Gasteiger partial charge in [-0.1, -0.05) is 30.6 Å². The molecule has 0 radical (unpaired) electrons. The zero-order valence-corrected chi connectivity index (χ0v) is 16.7. The number of nitrogens with one attached hydrogen (secondary N) is 1. The van der Waals surface area contributed by atoms with Crippen LogP contribution in [0.3, 0.4) is 0 Å². The molecule has 0 fully saturated rings. The van der Waals surface area contributed by atoms with Crippen LogP contribution in [0, 0.1) is 0 Å². The number of aromatic nitrogens is 2. The van der Waals surface area contributed by atoms with Crippen molar-refractivity contribution in [2.75, 3.05) is 5.32 Å². The van der Waals surface area contributed by atoms with Crippen molar-refractivity contribution in [1.29, 1.82) is 0 Å². The number of nitrogens with zero attached hydrogens (tertiary/aromatic N) is 2. The van der Waals surface area contributed by atoms with Gasteiger partial charge in [0, 0.05) is 29.8 Å². The Hall–Kier alpha value is -3.20. The second kappa shape index (κ2) is 7.56. The first-order chi connectivity index (χ1) is 14.3. The third-order valence-electron chi connectivity index (χ3n) is 4.52. The van der Waals surface area contributed by atoms with E-state index in [0.29, 0.717) is 46.8 Å². The Kier molecular flexibility index (Phi) is 5.07. The topological polar surface area (TPSA) is 86.5 Å². The van der Waals surface area contributed by atoms with Gasteiger partial charge in [-0.3, -0.25) is 4.79 Å². The summed E-state index contributed by atoms with van der Waals surface area (Å²) >= 11 is 6.20. The van der Waals surface area contributed by atoms with Gasteiger partial charge in [-0.25, -0.2) is 4.98 Å². The summed E-state index contributed by atoms with van der Waals surface area (Å²) in [4.78, 5) is 16.9. The number of carbonyl (C=O) groups is 1. The van der Waals surface area contributed by atoms with Gasteiger partial charge in [0.15, 0.2) is 11.5 Å². The van der Waals surface area contributed by atoms with Crippen LogP contribution >= 0.6 is 11.6 Å². The molecule has 3 aromatic rings. The first-order valence-corrected chi connectivity index (χ1v) is 9.53. The Morgan fingerprint density at radius 2 is 1.90 bits per heavy atom. The van der Waals surface area contributed by atoms with Crippen LogP contribution in [0.15, 0.2) is 35.0 Å². The van der Waals surface area contributed by atoms with Crippen LogP contribution in [-0.4, -0.2) is 22.3 Å². The van der Waals surface area contributed by atoms with Gasteiger partial charge >= 0.3 is 6.29 Å². The molecule has 1 N–H and O–H groups in total. The summed E-state index contributed by atoms with van der Waals surface area (Å²) in [7, 11) is 0. The van der Waals surface area contributed by atoms with Gasteiger partial charge in [0.25, 0.3) is 5.91 Å². The predicted octanol–water partition coefficient (Wildman–Crippen LogP) is 5.09. The Morgan fingerprint density at radius 3 is 2.53 bits per heavy atom. The molecule has 0 spiro atoms. The predicted molar refractivity (Wildman–Crippen MR) is 104 cm³/mol. The Morgan fingerprint density at radius 1 is 1.17 bits per heavy atom. The second-order valence-electron chi connectivity index (χ2n) is 6.47. The van der Waals surface area contributed by atoms with Crippen LogP contribution in [-0.2, 0) is 12.8 Å². The monoisotopic (exact) mass is 435 g/mol. The molecule has 0 unspecified atom stereocenters. The molecule has 7 nitrogen and oxygen atoms in total. The number of pyridine rings is 1. The maximum absolute atomic E-state index is 13.3. The molecule has 10 heteroatoms. The van der Waals surface area contributed by atoms with E-state index in [4.69, 9.17) is 16.1 Å². The average molecular weight is 436 g/mol. The molecule has 0 atom stereocenters. The van der Waals surface area contributed by atoms with Crippen LogP contribution < -0.4 is 14.8 Å². The summed E-state index contributed by atoms with van der Waals surface area (Å²) in [5.74, 6) is 0.178. The number of amides is 1. The van der Waals surface area contributed by atoms with Crippen molar-refractivity contribution < 1.29 is 27.6 Å². The van der Waals surface area contributed by atoms with Gasteiger partial charge < -0.3 is 19.3 Å². The third kappa shape index (κ3) is 3.68. The molecular formula is C20H16ClF2N3O4. The highest BCUT2D eigenvalue weighted by atomic mass is 35.5. The van der Waals surface area contributed by atoms with Crippen LogP contribution in [0.25, 0.3) is 11.1 Å². The van der Waals surface area contributed by atoms with Crippen LogP contribution in [0.2, 0.25) is 5.02 Å². The molecule has 0 saturated carbocycles. The zero-order chi connectivity index (χ0) is 21.5. The second-order valence-corrected chi connectivity index (χ2v) is 6.87. The van der Waals surface area contributed by atoms with E-state index in [1.807, 2.05) is 13.8 Å². The van der Waals surface area contributed by atoms with E-state index in [1.165, 1.54) is 18.3 Å². The molecule has 0 aliphatic carbocycles. The number of benzene rings is 1. The normalized spacial score (nSPS) is 14.0. The molecule has 156 valence electrons. The van der Waals surface area contributed by atoms with Crippen LogP contribution in [0.5, 0.6) is 11.5 Å². The van der Waals surface area contributed by atoms with Crippen molar-refractivity contribution in [3.05, 3.63) is 52.5 Å². The zero-order valence-electron chi connectivity index (χ0n) is 16.0. The maximum atomic E-state index is 13.3. The summed E-state index contributed by atoms with van der Waals surface area (Å²) in [6.45, 7) is 3.75. The first kappa shape index (κ1) is 20.1. The molecule has 4 rings (SSSR count). The van der Waals surface area contributed by atoms with E-state index in [0.717, 1.165) is 0 Å². The largest absolute Gasteiger partial charge is 0.586 e. The highest BCUT2D eigenvalue weighted by molar-refractivity contribution is 6.33. The lowest BCUT2D eigenvalue weighted by Gasteiger charge is -2.08. The molecule has 1 amide bonds. The molecule has 2 aromatic heterocycles. The quantitative estimate of drug-likeness (QED) is 0.600. The van der Waals surface area contributed by atoms with Gasteiger partial charge in [0.2, 0.25) is 0 Å². The number of halogens is 3.